The van der Waals surface area contributed by atoms with Crippen molar-refractivity contribution in [3.8, 4) is 11.5 Å². The lowest BCUT2D eigenvalue weighted by molar-refractivity contribution is -0.148. The van der Waals surface area contributed by atoms with E-state index in [0.717, 1.165) is 0 Å². The summed E-state index contributed by atoms with van der Waals surface area (Å²) in [6.45, 7) is 2.30. The highest BCUT2D eigenvalue weighted by Gasteiger charge is 2.41. The number of alkyl halides is 1. The Morgan fingerprint density at radius 1 is 1.30 bits per heavy atom. The van der Waals surface area contributed by atoms with Gasteiger partial charge in [-0.1, -0.05) is 19.8 Å². The van der Waals surface area contributed by atoms with Crippen molar-refractivity contribution in [2.24, 2.45) is 5.92 Å². The van der Waals surface area contributed by atoms with Crippen molar-refractivity contribution in [2.75, 3.05) is 18.7 Å². The monoisotopic (exact) mass is 423 g/mol. The first-order chi connectivity index (χ1) is 14.5. The number of benzene rings is 1. The van der Waals surface area contributed by atoms with Crippen LogP contribution in [0.1, 0.15) is 39.0 Å². The Kier molecular flexibility index (Phi) is 7.09. The smallest absolute Gasteiger partial charge is 0.278 e. The van der Waals surface area contributed by atoms with Crippen LogP contribution in [0.15, 0.2) is 18.2 Å². The fraction of sp³-hybridized carbons (Fsp3) is 0.550. The number of hydrogen-bond acceptors (Lipinski definition) is 6. The molecule has 1 saturated heterocycles. The van der Waals surface area contributed by atoms with Crippen molar-refractivity contribution in [1.82, 2.24) is 10.4 Å². The fourth-order valence-electron chi connectivity index (χ4n) is 3.78. The first-order valence-electron chi connectivity index (χ1n) is 10.0. The summed E-state index contributed by atoms with van der Waals surface area (Å²) in [5.41, 5.74) is 1.76. The topological polar surface area (TPSA) is 117 Å². The van der Waals surface area contributed by atoms with E-state index < -0.39 is 35.9 Å². The molecule has 3 rings (SSSR count). The summed E-state index contributed by atoms with van der Waals surface area (Å²) in [6, 6.07) is 4.21. The molecule has 3 unspecified atom stereocenters. The quantitative estimate of drug-likeness (QED) is 0.435. The van der Waals surface area contributed by atoms with E-state index in [2.05, 4.69) is 5.32 Å². The van der Waals surface area contributed by atoms with Crippen molar-refractivity contribution in [3.05, 3.63) is 18.2 Å². The first kappa shape index (κ1) is 21.8. The van der Waals surface area contributed by atoms with Crippen LogP contribution < -0.4 is 20.3 Å². The van der Waals surface area contributed by atoms with Gasteiger partial charge < -0.3 is 19.7 Å². The minimum absolute atomic E-state index is 0.114. The van der Waals surface area contributed by atoms with E-state index in [1.165, 1.54) is 10.4 Å². The molecular formula is C20H26FN3O6. The van der Waals surface area contributed by atoms with Crippen LogP contribution in [0.4, 0.5) is 10.1 Å². The van der Waals surface area contributed by atoms with Crippen LogP contribution in [0.2, 0.25) is 0 Å². The van der Waals surface area contributed by atoms with Crippen LogP contribution in [0, 0.1) is 5.92 Å². The molecule has 2 heterocycles. The lowest BCUT2D eigenvalue weighted by Gasteiger charge is -2.29. The zero-order valence-electron chi connectivity index (χ0n) is 16.7. The highest BCUT2D eigenvalue weighted by atomic mass is 19.1. The van der Waals surface area contributed by atoms with E-state index in [-0.39, 0.29) is 13.2 Å². The Morgan fingerprint density at radius 2 is 2.07 bits per heavy atom. The van der Waals surface area contributed by atoms with Crippen molar-refractivity contribution < 1.29 is 33.5 Å². The van der Waals surface area contributed by atoms with Gasteiger partial charge in [0, 0.05) is 18.3 Å². The van der Waals surface area contributed by atoms with Crippen LogP contribution in [0.5, 0.6) is 11.5 Å². The predicted molar refractivity (Wildman–Crippen MR) is 104 cm³/mol. The number of nitrogens with zero attached hydrogens (tertiary/aromatic N) is 1. The predicted octanol–water partition coefficient (Wildman–Crippen LogP) is 1.99. The summed E-state index contributed by atoms with van der Waals surface area (Å²) in [4.78, 5) is 38.8. The summed E-state index contributed by atoms with van der Waals surface area (Å²) in [5, 5.41) is 11.5. The normalized spacial score (nSPS) is 19.3. The van der Waals surface area contributed by atoms with Gasteiger partial charge in [0.25, 0.3) is 5.91 Å². The zero-order valence-corrected chi connectivity index (χ0v) is 16.7. The Hall–Kier alpha value is -2.88. The molecule has 1 aromatic carbocycles. The lowest BCUT2D eigenvalue weighted by atomic mass is 9.94. The molecule has 0 bridgehead atoms. The first-order valence-corrected chi connectivity index (χ1v) is 10.0. The molecule has 0 spiro atoms. The number of nitrogens with one attached hydrogen (secondary N) is 2. The second-order valence-corrected chi connectivity index (χ2v) is 7.37. The Bertz CT molecular complexity index is 805. The Labute approximate surface area is 173 Å². The summed E-state index contributed by atoms with van der Waals surface area (Å²) in [7, 11) is 0. The molecule has 1 fully saturated rings. The van der Waals surface area contributed by atoms with E-state index in [1.54, 1.807) is 18.2 Å². The third kappa shape index (κ3) is 4.64. The number of likely N-dealkylation sites (tertiary alicyclic amines) is 1. The van der Waals surface area contributed by atoms with Crippen molar-refractivity contribution >= 4 is 23.4 Å². The highest BCUT2D eigenvalue weighted by molar-refractivity contribution is 5.98. The van der Waals surface area contributed by atoms with Gasteiger partial charge in [-0.05, 0) is 31.4 Å². The molecule has 10 heteroatoms. The zero-order chi connectivity index (χ0) is 21.7. The standard InChI is InChI=1S/C20H26FN3O6/c1-2-3-5-13(17(21)19(26)23-28)20(27)24-9-4-6-14(24)18(25)22-12-7-8-15-16(10-12)30-11-29-15/h7-8,10,13-14,17,28H,2-6,9,11H2,1H3,(H,22,25)(H,23,26). The van der Waals surface area contributed by atoms with Crippen LogP contribution in [-0.4, -0.2) is 53.4 Å². The molecule has 30 heavy (non-hydrogen) atoms. The van der Waals surface area contributed by atoms with E-state index >= 15 is 0 Å². The van der Waals surface area contributed by atoms with E-state index in [9.17, 15) is 18.8 Å². The molecular weight excluding hydrogens is 397 g/mol. The lowest BCUT2D eigenvalue weighted by Crippen LogP contribution is -2.49. The largest absolute Gasteiger partial charge is 0.454 e. The molecule has 2 aliphatic rings. The molecule has 3 amide bonds. The molecule has 0 saturated carbocycles. The molecule has 164 valence electrons. The van der Waals surface area contributed by atoms with Gasteiger partial charge in [0.1, 0.15) is 6.04 Å². The number of rotatable bonds is 8. The van der Waals surface area contributed by atoms with E-state index in [1.807, 2.05) is 6.92 Å². The maximum atomic E-state index is 14.5. The number of carbonyl (C=O) groups is 3. The van der Waals surface area contributed by atoms with Gasteiger partial charge in [0.15, 0.2) is 17.7 Å². The Balaban J connectivity index is 1.71. The van der Waals surface area contributed by atoms with E-state index in [4.69, 9.17) is 14.7 Å². The molecule has 0 aromatic heterocycles. The van der Waals surface area contributed by atoms with Gasteiger partial charge in [-0.2, -0.15) is 0 Å². The molecule has 1 aromatic rings. The van der Waals surface area contributed by atoms with Gasteiger partial charge in [0.2, 0.25) is 18.6 Å². The third-order valence-electron chi connectivity index (χ3n) is 5.38. The second kappa shape index (κ2) is 9.75. The van der Waals surface area contributed by atoms with Crippen LogP contribution in [0.3, 0.4) is 0 Å². The molecule has 0 aliphatic carbocycles. The minimum Gasteiger partial charge on any atom is -0.454 e. The number of amides is 3. The maximum Gasteiger partial charge on any atom is 0.278 e. The van der Waals surface area contributed by atoms with Gasteiger partial charge in [0.05, 0.1) is 5.92 Å². The van der Waals surface area contributed by atoms with Gasteiger partial charge in [-0.25, -0.2) is 9.87 Å². The minimum atomic E-state index is -2.19. The number of anilines is 1. The number of ether oxygens (including phenoxy) is 2. The average molecular weight is 423 g/mol. The number of carbonyl (C=O) groups excluding carboxylic acids is 3. The van der Waals surface area contributed by atoms with Gasteiger partial charge >= 0.3 is 0 Å². The molecule has 9 nitrogen and oxygen atoms in total. The number of unbranched alkanes of at least 4 members (excludes halogenated alkanes) is 1. The summed E-state index contributed by atoms with van der Waals surface area (Å²) >= 11 is 0. The van der Waals surface area contributed by atoms with Crippen molar-refractivity contribution in [3.63, 3.8) is 0 Å². The van der Waals surface area contributed by atoms with Crippen LogP contribution in [-0.2, 0) is 14.4 Å². The van der Waals surface area contributed by atoms with Gasteiger partial charge in [-0.15, -0.1) is 0 Å². The Morgan fingerprint density at radius 3 is 2.80 bits per heavy atom. The van der Waals surface area contributed by atoms with Gasteiger partial charge in [-0.3, -0.25) is 19.6 Å². The third-order valence-corrected chi connectivity index (χ3v) is 5.38. The number of fused-ring (bicyclic) bond motifs is 1. The van der Waals surface area contributed by atoms with Crippen LogP contribution in [0.25, 0.3) is 0 Å². The number of hydroxylamine groups is 1. The van der Waals surface area contributed by atoms with E-state index in [0.29, 0.717) is 49.4 Å². The second-order valence-electron chi connectivity index (χ2n) is 7.37. The fourth-order valence-corrected chi connectivity index (χ4v) is 3.78. The van der Waals surface area contributed by atoms with Crippen molar-refractivity contribution in [2.45, 2.75) is 51.2 Å². The summed E-state index contributed by atoms with van der Waals surface area (Å²) < 4.78 is 25.1. The SMILES string of the molecule is CCCCC(C(=O)N1CCCC1C(=O)Nc1ccc2c(c1)OCO2)C(F)C(=O)NO. The number of halogens is 1. The highest BCUT2D eigenvalue weighted by Crippen LogP contribution is 2.34. The molecule has 3 atom stereocenters. The summed E-state index contributed by atoms with van der Waals surface area (Å²) in [5.74, 6) is -2.40. The maximum absolute atomic E-state index is 14.5. The molecule has 2 aliphatic heterocycles. The molecule has 0 radical (unpaired) electrons. The number of hydrogen-bond donors (Lipinski definition) is 3. The van der Waals surface area contributed by atoms with Crippen molar-refractivity contribution in [1.29, 1.82) is 0 Å². The van der Waals surface area contributed by atoms with Crippen LogP contribution >= 0.6 is 0 Å². The average Bonchev–Trinajstić information content (AvgIpc) is 3.42. The molecule has 3 N–H and O–H groups in total. The summed E-state index contributed by atoms with van der Waals surface area (Å²) in [6.07, 6.45) is 0.243.